The molecule has 0 unspecified atom stereocenters. The van der Waals surface area contributed by atoms with Crippen molar-refractivity contribution in [3.05, 3.63) is 36.5 Å². The van der Waals surface area contributed by atoms with E-state index in [9.17, 15) is 4.79 Å². The Morgan fingerprint density at radius 2 is 1.76 bits per heavy atom. The van der Waals surface area contributed by atoms with Gasteiger partial charge < -0.3 is 5.32 Å². The van der Waals surface area contributed by atoms with Gasteiger partial charge in [-0.2, -0.15) is 0 Å². The quantitative estimate of drug-likeness (QED) is 0.505. The van der Waals surface area contributed by atoms with Crippen LogP contribution in [0, 0.1) is 5.92 Å². The van der Waals surface area contributed by atoms with Crippen LogP contribution >= 0.6 is 0 Å². The summed E-state index contributed by atoms with van der Waals surface area (Å²) in [6, 6.07) is 0. The first kappa shape index (κ1) is 15.7. The van der Waals surface area contributed by atoms with E-state index in [1.165, 1.54) is 0 Å². The maximum Gasteiger partial charge on any atom is 0.243 e. The van der Waals surface area contributed by atoms with E-state index in [-0.39, 0.29) is 5.91 Å². The molecule has 0 aliphatic heterocycles. The van der Waals surface area contributed by atoms with Gasteiger partial charge in [0.1, 0.15) is 0 Å². The van der Waals surface area contributed by atoms with E-state index in [1.807, 2.05) is 39.0 Å². The van der Waals surface area contributed by atoms with Crippen LogP contribution in [0.1, 0.15) is 40.0 Å². The molecule has 17 heavy (non-hydrogen) atoms. The van der Waals surface area contributed by atoms with Crippen molar-refractivity contribution in [1.82, 2.24) is 5.32 Å². The molecule has 0 rings (SSSR count). The van der Waals surface area contributed by atoms with E-state index >= 15 is 0 Å². The van der Waals surface area contributed by atoms with Gasteiger partial charge in [-0.05, 0) is 45.1 Å². The molecule has 0 saturated heterocycles. The summed E-state index contributed by atoms with van der Waals surface area (Å²) in [5.74, 6) is 0.424. The molecule has 0 radical (unpaired) electrons. The third-order valence-electron chi connectivity index (χ3n) is 2.42. The minimum atomic E-state index is 0.0119. The predicted molar refractivity (Wildman–Crippen MR) is 74.8 cm³/mol. The van der Waals surface area contributed by atoms with E-state index in [4.69, 9.17) is 0 Å². The second-order valence-electron chi connectivity index (χ2n) is 4.02. The zero-order valence-corrected chi connectivity index (χ0v) is 11.3. The van der Waals surface area contributed by atoms with E-state index in [1.54, 1.807) is 6.08 Å². The highest BCUT2D eigenvalue weighted by Gasteiger charge is 2.01. The molecule has 0 aromatic heterocycles. The number of rotatable bonds is 8. The molecule has 0 fully saturated rings. The van der Waals surface area contributed by atoms with Crippen molar-refractivity contribution in [2.75, 3.05) is 6.54 Å². The summed E-state index contributed by atoms with van der Waals surface area (Å²) in [6.45, 7) is 6.83. The van der Waals surface area contributed by atoms with E-state index in [0.717, 1.165) is 25.8 Å². The van der Waals surface area contributed by atoms with E-state index in [2.05, 4.69) is 17.5 Å². The summed E-state index contributed by atoms with van der Waals surface area (Å²) in [5, 5.41) is 2.84. The largest absolute Gasteiger partial charge is 0.353 e. The average molecular weight is 235 g/mol. The molecule has 0 aromatic carbocycles. The summed E-state index contributed by atoms with van der Waals surface area (Å²) in [6.07, 6.45) is 15.0. The van der Waals surface area contributed by atoms with E-state index in [0.29, 0.717) is 5.92 Å². The maximum atomic E-state index is 11.4. The number of allylic oxidation sites excluding steroid dienone is 5. The molecule has 0 heterocycles. The Morgan fingerprint density at radius 3 is 2.24 bits per heavy atom. The van der Waals surface area contributed by atoms with Crippen molar-refractivity contribution in [2.45, 2.75) is 40.0 Å². The zero-order valence-electron chi connectivity index (χ0n) is 11.3. The lowest BCUT2D eigenvalue weighted by Gasteiger charge is -2.07. The molecule has 0 saturated carbocycles. The molecule has 0 aliphatic rings. The van der Waals surface area contributed by atoms with Gasteiger partial charge in [0, 0.05) is 6.54 Å². The first-order valence-corrected chi connectivity index (χ1v) is 6.42. The SMILES string of the molecule is C/C=C/CC(/C=C/C(=O)NCCC)C/C=C/C. The van der Waals surface area contributed by atoms with Crippen LogP contribution in [0.15, 0.2) is 36.5 Å². The lowest BCUT2D eigenvalue weighted by atomic mass is 10.00. The monoisotopic (exact) mass is 235 g/mol. The van der Waals surface area contributed by atoms with E-state index < -0.39 is 0 Å². The highest BCUT2D eigenvalue weighted by molar-refractivity contribution is 5.87. The summed E-state index contributed by atoms with van der Waals surface area (Å²) in [4.78, 5) is 11.4. The van der Waals surface area contributed by atoms with Gasteiger partial charge in [0.2, 0.25) is 5.91 Å². The number of carbonyl (C=O) groups excluding carboxylic acids is 1. The van der Waals surface area contributed by atoms with Crippen molar-refractivity contribution in [2.24, 2.45) is 5.92 Å². The Hall–Kier alpha value is -1.31. The van der Waals surface area contributed by atoms with Crippen molar-refractivity contribution in [3.63, 3.8) is 0 Å². The average Bonchev–Trinajstić information content (AvgIpc) is 2.35. The Labute approximate surface area is 105 Å². The molecule has 96 valence electrons. The summed E-state index contributed by atoms with van der Waals surface area (Å²) in [5.41, 5.74) is 0. The molecule has 0 atom stereocenters. The van der Waals surface area contributed by atoms with Gasteiger partial charge in [0.15, 0.2) is 0 Å². The van der Waals surface area contributed by atoms with Crippen LogP contribution in [0.25, 0.3) is 0 Å². The van der Waals surface area contributed by atoms with Crippen molar-refractivity contribution in [1.29, 1.82) is 0 Å². The highest BCUT2D eigenvalue weighted by Crippen LogP contribution is 2.12. The van der Waals surface area contributed by atoms with Crippen molar-refractivity contribution >= 4 is 5.91 Å². The predicted octanol–water partition coefficient (Wildman–Crippen LogP) is 3.62. The highest BCUT2D eigenvalue weighted by atomic mass is 16.1. The standard InChI is InChI=1S/C15H25NO/c1-4-7-9-14(10-8-5-2)11-12-15(17)16-13-6-3/h4-5,7-8,11-12,14H,6,9-10,13H2,1-3H3,(H,16,17)/b7-4+,8-5+,12-11+. The molecule has 1 amide bonds. The number of carbonyl (C=O) groups is 1. The Kier molecular flexibility index (Phi) is 10.3. The summed E-state index contributed by atoms with van der Waals surface area (Å²) in [7, 11) is 0. The molecular weight excluding hydrogens is 210 g/mol. The van der Waals surface area contributed by atoms with Crippen LogP contribution < -0.4 is 5.32 Å². The molecule has 0 bridgehead atoms. The molecule has 0 aliphatic carbocycles. The van der Waals surface area contributed by atoms with Gasteiger partial charge >= 0.3 is 0 Å². The van der Waals surface area contributed by atoms with Gasteiger partial charge in [0.25, 0.3) is 0 Å². The second-order valence-corrected chi connectivity index (χ2v) is 4.02. The molecule has 1 N–H and O–H groups in total. The van der Waals surface area contributed by atoms with Crippen LogP contribution in [0.2, 0.25) is 0 Å². The fourth-order valence-corrected chi connectivity index (χ4v) is 1.41. The van der Waals surface area contributed by atoms with Crippen LogP contribution in [0.4, 0.5) is 0 Å². The van der Waals surface area contributed by atoms with Crippen LogP contribution in [0.5, 0.6) is 0 Å². The summed E-state index contributed by atoms with van der Waals surface area (Å²) >= 11 is 0. The molecule has 0 spiro atoms. The van der Waals surface area contributed by atoms with Gasteiger partial charge in [-0.3, -0.25) is 4.79 Å². The smallest absolute Gasteiger partial charge is 0.243 e. The normalized spacial score (nSPS) is 12.2. The lowest BCUT2D eigenvalue weighted by molar-refractivity contribution is -0.116. The van der Waals surface area contributed by atoms with Gasteiger partial charge in [0.05, 0.1) is 0 Å². The number of amides is 1. The summed E-state index contributed by atoms with van der Waals surface area (Å²) < 4.78 is 0. The first-order chi connectivity index (χ1) is 8.24. The fraction of sp³-hybridized carbons (Fsp3) is 0.533. The fourth-order valence-electron chi connectivity index (χ4n) is 1.41. The topological polar surface area (TPSA) is 29.1 Å². The number of hydrogen-bond donors (Lipinski definition) is 1. The first-order valence-electron chi connectivity index (χ1n) is 6.42. The third kappa shape index (κ3) is 9.61. The Bertz CT molecular complexity index is 263. The van der Waals surface area contributed by atoms with Gasteiger partial charge in [-0.25, -0.2) is 0 Å². The zero-order chi connectivity index (χ0) is 12.9. The maximum absolute atomic E-state index is 11.4. The Morgan fingerprint density at radius 1 is 1.18 bits per heavy atom. The molecule has 2 nitrogen and oxygen atoms in total. The van der Waals surface area contributed by atoms with Crippen LogP contribution in [0.3, 0.4) is 0 Å². The third-order valence-corrected chi connectivity index (χ3v) is 2.42. The lowest BCUT2D eigenvalue weighted by Crippen LogP contribution is -2.21. The van der Waals surface area contributed by atoms with Crippen molar-refractivity contribution < 1.29 is 4.79 Å². The minimum Gasteiger partial charge on any atom is -0.353 e. The van der Waals surface area contributed by atoms with Crippen LogP contribution in [-0.4, -0.2) is 12.5 Å². The van der Waals surface area contributed by atoms with Crippen LogP contribution in [-0.2, 0) is 4.79 Å². The number of hydrogen-bond acceptors (Lipinski definition) is 1. The molecular formula is C15H25NO. The molecule has 0 aromatic rings. The van der Waals surface area contributed by atoms with Gasteiger partial charge in [-0.15, -0.1) is 0 Å². The minimum absolute atomic E-state index is 0.0119. The molecule has 2 heteroatoms. The Balaban J connectivity index is 4.19. The number of nitrogens with one attached hydrogen (secondary N) is 1. The van der Waals surface area contributed by atoms with Gasteiger partial charge in [-0.1, -0.05) is 37.3 Å². The van der Waals surface area contributed by atoms with Crippen molar-refractivity contribution in [3.8, 4) is 0 Å². The second kappa shape index (κ2) is 11.2.